The fourth-order valence-corrected chi connectivity index (χ4v) is 5.46. The van der Waals surface area contributed by atoms with Gasteiger partial charge in [0.25, 0.3) is 11.7 Å². The number of carbonyl (C=O) groups excluding carboxylic acids is 2. The number of aliphatic hydroxyl groups is 1. The zero-order valence-corrected chi connectivity index (χ0v) is 21.3. The van der Waals surface area contributed by atoms with Crippen molar-refractivity contribution in [1.29, 1.82) is 0 Å². The molecule has 3 heterocycles. The van der Waals surface area contributed by atoms with Gasteiger partial charge in [0.2, 0.25) is 0 Å². The van der Waals surface area contributed by atoms with Crippen molar-refractivity contribution in [2.75, 3.05) is 46.0 Å². The molecule has 8 heteroatoms. The number of ether oxygens (including phenoxy) is 2. The van der Waals surface area contributed by atoms with Crippen molar-refractivity contribution in [1.82, 2.24) is 9.80 Å². The Kier molecular flexibility index (Phi) is 8.59. The molecule has 0 bridgehead atoms. The summed E-state index contributed by atoms with van der Waals surface area (Å²) in [5, 5.41) is 13.3. The van der Waals surface area contributed by atoms with Crippen LogP contribution < -0.4 is 4.74 Å². The number of benzene rings is 1. The van der Waals surface area contributed by atoms with E-state index in [1.54, 1.807) is 17.0 Å². The van der Waals surface area contributed by atoms with E-state index in [2.05, 4.69) is 11.8 Å². The molecule has 0 radical (unpaired) electrons. The number of ketones is 1. The molecule has 2 saturated heterocycles. The molecule has 7 nitrogen and oxygen atoms in total. The molecule has 0 saturated carbocycles. The van der Waals surface area contributed by atoms with E-state index in [0.717, 1.165) is 68.3 Å². The van der Waals surface area contributed by atoms with Gasteiger partial charge in [-0.15, -0.1) is 11.3 Å². The van der Waals surface area contributed by atoms with Gasteiger partial charge in [-0.25, -0.2) is 0 Å². The van der Waals surface area contributed by atoms with Crippen LogP contribution in [0.25, 0.3) is 5.76 Å². The predicted molar refractivity (Wildman–Crippen MR) is 137 cm³/mol. The van der Waals surface area contributed by atoms with Gasteiger partial charge in [0.05, 0.1) is 31.4 Å². The van der Waals surface area contributed by atoms with E-state index in [-0.39, 0.29) is 11.3 Å². The van der Waals surface area contributed by atoms with Gasteiger partial charge in [-0.3, -0.25) is 14.5 Å². The predicted octanol–water partition coefficient (Wildman–Crippen LogP) is 4.38. The lowest BCUT2D eigenvalue weighted by Crippen LogP contribution is -2.38. The number of hydrogen-bond donors (Lipinski definition) is 1. The second kappa shape index (κ2) is 11.8. The number of likely N-dealkylation sites (tertiary alicyclic amines) is 1. The first-order chi connectivity index (χ1) is 17.0. The van der Waals surface area contributed by atoms with Crippen LogP contribution in [0.15, 0.2) is 41.3 Å². The molecule has 2 aromatic rings. The van der Waals surface area contributed by atoms with Gasteiger partial charge in [-0.2, -0.15) is 0 Å². The highest BCUT2D eigenvalue weighted by molar-refractivity contribution is 7.10. The van der Waals surface area contributed by atoms with Crippen LogP contribution >= 0.6 is 11.3 Å². The van der Waals surface area contributed by atoms with Crippen LogP contribution in [-0.2, 0) is 14.3 Å². The number of hydrogen-bond acceptors (Lipinski definition) is 7. The number of carbonyl (C=O) groups is 2. The third-order valence-electron chi connectivity index (χ3n) is 6.55. The second-order valence-electron chi connectivity index (χ2n) is 8.99. The van der Waals surface area contributed by atoms with Gasteiger partial charge < -0.3 is 19.5 Å². The molecule has 1 N–H and O–H groups in total. The quantitative estimate of drug-likeness (QED) is 0.227. The van der Waals surface area contributed by atoms with Crippen LogP contribution in [0.4, 0.5) is 0 Å². The first kappa shape index (κ1) is 25.4. The second-order valence-corrected chi connectivity index (χ2v) is 9.97. The number of aliphatic hydroxyl groups excluding tert-OH is 1. The van der Waals surface area contributed by atoms with Gasteiger partial charge in [0.1, 0.15) is 11.5 Å². The van der Waals surface area contributed by atoms with Gasteiger partial charge >= 0.3 is 0 Å². The summed E-state index contributed by atoms with van der Waals surface area (Å²) in [6, 6.07) is 8.67. The van der Waals surface area contributed by atoms with Crippen molar-refractivity contribution >= 4 is 28.8 Å². The Hall–Kier alpha value is -2.68. The van der Waals surface area contributed by atoms with Crippen LogP contribution in [0.3, 0.4) is 0 Å². The monoisotopic (exact) mass is 498 g/mol. The fraction of sp³-hybridized carbons (Fsp3) is 0.481. The van der Waals surface area contributed by atoms with Crippen LogP contribution in [0, 0.1) is 6.92 Å². The van der Waals surface area contributed by atoms with Crippen LogP contribution in [-0.4, -0.2) is 72.6 Å². The molecule has 1 amide bonds. The Labute approximate surface area is 210 Å². The first-order valence-electron chi connectivity index (χ1n) is 12.4. The maximum atomic E-state index is 13.2. The van der Waals surface area contributed by atoms with Gasteiger partial charge in [0, 0.05) is 36.6 Å². The lowest BCUT2D eigenvalue weighted by atomic mass is 9.97. The van der Waals surface area contributed by atoms with Crippen LogP contribution in [0.5, 0.6) is 5.75 Å². The molecule has 188 valence electrons. The molecule has 0 unspecified atom stereocenters. The molecule has 2 aliphatic rings. The molecule has 2 aliphatic heterocycles. The molecule has 1 aromatic carbocycles. The summed E-state index contributed by atoms with van der Waals surface area (Å²) in [6.07, 6.45) is 2.77. The number of nitrogens with zero attached hydrogens (tertiary/aromatic N) is 2. The zero-order valence-electron chi connectivity index (χ0n) is 20.5. The van der Waals surface area contributed by atoms with Gasteiger partial charge in [-0.05, 0) is 55.0 Å². The number of rotatable bonds is 10. The minimum atomic E-state index is -0.630. The molecule has 1 atom stereocenters. The Morgan fingerprint density at radius 3 is 2.66 bits per heavy atom. The molecule has 1 aromatic heterocycles. The lowest BCUT2D eigenvalue weighted by molar-refractivity contribution is -0.140. The normalized spacial score (nSPS) is 20.5. The number of morpholine rings is 1. The van der Waals surface area contributed by atoms with E-state index in [0.29, 0.717) is 18.7 Å². The zero-order chi connectivity index (χ0) is 24.8. The summed E-state index contributed by atoms with van der Waals surface area (Å²) in [6.45, 7) is 9.11. The molecular formula is C27H34N2O5S. The Morgan fingerprint density at radius 2 is 1.97 bits per heavy atom. The van der Waals surface area contributed by atoms with Crippen molar-refractivity contribution in [3.63, 3.8) is 0 Å². The van der Waals surface area contributed by atoms with Crippen molar-refractivity contribution < 1.29 is 24.2 Å². The Bertz CT molecular complexity index is 1060. The summed E-state index contributed by atoms with van der Waals surface area (Å²) in [4.78, 5) is 31.1. The largest absolute Gasteiger partial charge is 0.507 e. The van der Waals surface area contributed by atoms with E-state index in [1.165, 1.54) is 11.3 Å². The SMILES string of the molecule is CCCCOc1ccc(C(O)=C2C(=O)C(=O)N(CCCN3CCOCC3)[C@@H]2c2cccs2)c(C)c1. The molecule has 2 fully saturated rings. The maximum absolute atomic E-state index is 13.2. The van der Waals surface area contributed by atoms with E-state index < -0.39 is 17.7 Å². The lowest BCUT2D eigenvalue weighted by Gasteiger charge is -2.28. The third-order valence-corrected chi connectivity index (χ3v) is 7.47. The highest BCUT2D eigenvalue weighted by Crippen LogP contribution is 2.41. The van der Waals surface area contributed by atoms with Gasteiger partial charge in [-0.1, -0.05) is 19.4 Å². The topological polar surface area (TPSA) is 79.3 Å². The minimum Gasteiger partial charge on any atom is -0.507 e. The average molecular weight is 499 g/mol. The summed E-state index contributed by atoms with van der Waals surface area (Å²) in [7, 11) is 0. The van der Waals surface area contributed by atoms with Crippen molar-refractivity contribution in [3.05, 3.63) is 57.3 Å². The Morgan fingerprint density at radius 1 is 1.17 bits per heavy atom. The smallest absolute Gasteiger partial charge is 0.295 e. The standard InChI is InChI=1S/C27H34N2O5S/c1-3-4-14-34-20-8-9-21(19(2)18-20)25(30)23-24(22-7-5-17-35-22)29(27(32)26(23)31)11-6-10-28-12-15-33-16-13-28/h5,7-9,17-18,24,30H,3-4,6,10-16H2,1-2H3/t24-/m1/s1. The van der Waals surface area contributed by atoms with Crippen LogP contribution in [0.1, 0.15) is 48.2 Å². The molecular weight excluding hydrogens is 464 g/mol. The van der Waals surface area contributed by atoms with Crippen LogP contribution in [0.2, 0.25) is 0 Å². The summed E-state index contributed by atoms with van der Waals surface area (Å²) in [5.74, 6) is -0.583. The summed E-state index contributed by atoms with van der Waals surface area (Å²) in [5.41, 5.74) is 1.49. The maximum Gasteiger partial charge on any atom is 0.295 e. The average Bonchev–Trinajstić information content (AvgIpc) is 3.47. The van der Waals surface area contributed by atoms with Crippen molar-refractivity contribution in [2.24, 2.45) is 0 Å². The van der Waals surface area contributed by atoms with E-state index >= 15 is 0 Å². The summed E-state index contributed by atoms with van der Waals surface area (Å²) < 4.78 is 11.2. The number of aryl methyl sites for hydroxylation is 1. The van der Waals surface area contributed by atoms with Crippen molar-refractivity contribution in [2.45, 2.75) is 39.2 Å². The van der Waals surface area contributed by atoms with E-state index in [1.807, 2.05) is 30.5 Å². The number of unbranched alkanes of at least 4 members (excludes halogenated alkanes) is 1. The molecule has 0 spiro atoms. The van der Waals surface area contributed by atoms with E-state index in [4.69, 9.17) is 9.47 Å². The number of thiophene rings is 1. The molecule has 4 rings (SSSR count). The van der Waals surface area contributed by atoms with Crippen molar-refractivity contribution in [3.8, 4) is 5.75 Å². The number of amides is 1. The first-order valence-corrected chi connectivity index (χ1v) is 13.2. The highest BCUT2D eigenvalue weighted by Gasteiger charge is 2.46. The minimum absolute atomic E-state index is 0.130. The van der Waals surface area contributed by atoms with E-state index in [9.17, 15) is 14.7 Å². The fourth-order valence-electron chi connectivity index (χ4n) is 4.61. The Balaban J connectivity index is 1.59. The molecule has 35 heavy (non-hydrogen) atoms. The third kappa shape index (κ3) is 5.77. The number of Topliss-reactive ketones (excluding diaryl/α,β-unsaturated/α-hetero) is 1. The summed E-state index contributed by atoms with van der Waals surface area (Å²) >= 11 is 1.49. The molecule has 0 aliphatic carbocycles. The highest BCUT2D eigenvalue weighted by atomic mass is 32.1. The van der Waals surface area contributed by atoms with Gasteiger partial charge in [0.15, 0.2) is 0 Å².